The van der Waals surface area contributed by atoms with Crippen molar-refractivity contribution < 1.29 is 0 Å². The Kier molecular flexibility index (Phi) is 3.46. The lowest BCUT2D eigenvalue weighted by molar-refractivity contribution is 1.10. The van der Waals surface area contributed by atoms with Gasteiger partial charge in [-0.15, -0.1) is 11.3 Å². The van der Waals surface area contributed by atoms with Crippen molar-refractivity contribution >= 4 is 40.2 Å². The van der Waals surface area contributed by atoms with Gasteiger partial charge in [0.2, 0.25) is 0 Å². The summed E-state index contributed by atoms with van der Waals surface area (Å²) in [5, 5.41) is 4.93. The molecule has 1 aromatic heterocycles. The molecule has 1 aromatic carbocycles. The summed E-state index contributed by atoms with van der Waals surface area (Å²) in [4.78, 5) is 4.15. The third-order valence-corrected chi connectivity index (χ3v) is 3.18. The van der Waals surface area contributed by atoms with Crippen molar-refractivity contribution in [1.82, 2.24) is 4.98 Å². The van der Waals surface area contributed by atoms with Crippen LogP contribution in [-0.4, -0.2) is 4.98 Å². The maximum absolute atomic E-state index is 5.78. The Morgan fingerprint density at radius 2 is 1.93 bits per heavy atom. The maximum atomic E-state index is 5.78. The van der Waals surface area contributed by atoms with E-state index in [1.807, 2.05) is 24.3 Å². The van der Waals surface area contributed by atoms with Gasteiger partial charge in [0.05, 0.1) is 12.7 Å². The summed E-state index contributed by atoms with van der Waals surface area (Å²) < 4.78 is 0.711. The van der Waals surface area contributed by atoms with Gasteiger partial charge in [-0.1, -0.05) is 23.2 Å². The lowest BCUT2D eigenvalue weighted by Crippen LogP contribution is -1.97. The molecule has 15 heavy (non-hydrogen) atoms. The molecule has 0 radical (unpaired) electrons. The van der Waals surface area contributed by atoms with Crippen molar-refractivity contribution in [3.63, 3.8) is 0 Å². The van der Waals surface area contributed by atoms with Crippen molar-refractivity contribution in [3.05, 3.63) is 44.8 Å². The highest BCUT2D eigenvalue weighted by molar-refractivity contribution is 7.15. The number of anilines is 1. The first kappa shape index (κ1) is 10.7. The number of benzene rings is 1. The fraction of sp³-hybridized carbons (Fsp3) is 0.100. The van der Waals surface area contributed by atoms with E-state index in [1.165, 1.54) is 11.3 Å². The minimum absolute atomic E-state index is 0.680. The number of nitrogens with zero attached hydrogens (tertiary/aromatic N) is 1. The number of aromatic nitrogens is 1. The Morgan fingerprint density at radius 3 is 2.53 bits per heavy atom. The van der Waals surface area contributed by atoms with Gasteiger partial charge in [0.15, 0.2) is 0 Å². The van der Waals surface area contributed by atoms with E-state index >= 15 is 0 Å². The predicted octanol–water partition coefficient (Wildman–Crippen LogP) is 4.06. The summed E-state index contributed by atoms with van der Waals surface area (Å²) >= 11 is 13.0. The van der Waals surface area contributed by atoms with E-state index in [0.717, 1.165) is 15.7 Å². The number of thiazole rings is 1. The molecule has 0 aliphatic heterocycles. The van der Waals surface area contributed by atoms with Gasteiger partial charge in [-0.05, 0) is 24.3 Å². The van der Waals surface area contributed by atoms with Gasteiger partial charge in [0.1, 0.15) is 9.34 Å². The molecule has 1 N–H and O–H groups in total. The Balaban J connectivity index is 1.96. The summed E-state index contributed by atoms with van der Waals surface area (Å²) in [5.41, 5.74) is 1.02. The first-order valence-corrected chi connectivity index (χ1v) is 5.91. The van der Waals surface area contributed by atoms with E-state index in [-0.39, 0.29) is 0 Å². The minimum atomic E-state index is 0.680. The first-order valence-electron chi connectivity index (χ1n) is 4.34. The highest BCUT2D eigenvalue weighted by Gasteiger charge is 1.99. The molecule has 0 unspecified atom stereocenters. The number of hydrogen-bond acceptors (Lipinski definition) is 3. The summed E-state index contributed by atoms with van der Waals surface area (Å²) in [6.45, 7) is 0.680. The molecule has 2 nitrogen and oxygen atoms in total. The molecule has 0 fully saturated rings. The zero-order valence-corrected chi connectivity index (χ0v) is 10.0. The van der Waals surface area contributed by atoms with Crippen LogP contribution < -0.4 is 5.32 Å². The molecule has 0 saturated heterocycles. The Hall–Kier alpha value is -0.770. The van der Waals surface area contributed by atoms with E-state index in [2.05, 4.69) is 10.3 Å². The lowest BCUT2D eigenvalue weighted by Gasteiger charge is -2.03. The molecule has 5 heteroatoms. The van der Waals surface area contributed by atoms with Crippen LogP contribution in [0.15, 0.2) is 30.5 Å². The van der Waals surface area contributed by atoms with Crippen molar-refractivity contribution in [2.24, 2.45) is 0 Å². The van der Waals surface area contributed by atoms with Gasteiger partial charge in [0, 0.05) is 10.7 Å². The fourth-order valence-electron chi connectivity index (χ4n) is 1.12. The van der Waals surface area contributed by atoms with Crippen LogP contribution in [0.2, 0.25) is 9.36 Å². The number of nitrogens with one attached hydrogen (secondary N) is 1. The van der Waals surface area contributed by atoms with Gasteiger partial charge < -0.3 is 5.32 Å². The second-order valence-electron chi connectivity index (χ2n) is 2.92. The SMILES string of the molecule is Clc1ccc(NCc2ncc(Cl)s2)cc1. The van der Waals surface area contributed by atoms with Gasteiger partial charge in [-0.25, -0.2) is 4.98 Å². The molecule has 0 spiro atoms. The van der Waals surface area contributed by atoms with Gasteiger partial charge >= 0.3 is 0 Å². The minimum Gasteiger partial charge on any atom is -0.379 e. The smallest absolute Gasteiger partial charge is 0.113 e. The van der Waals surface area contributed by atoms with Crippen molar-refractivity contribution in [2.45, 2.75) is 6.54 Å². The maximum Gasteiger partial charge on any atom is 0.113 e. The van der Waals surface area contributed by atoms with E-state index in [4.69, 9.17) is 23.2 Å². The highest BCUT2D eigenvalue weighted by Crippen LogP contribution is 2.20. The average molecular weight is 259 g/mol. The van der Waals surface area contributed by atoms with Crippen LogP contribution in [0.3, 0.4) is 0 Å². The summed E-state index contributed by atoms with van der Waals surface area (Å²) in [5.74, 6) is 0. The average Bonchev–Trinajstić information content (AvgIpc) is 2.64. The molecule has 0 atom stereocenters. The number of hydrogen-bond donors (Lipinski definition) is 1. The van der Waals surface area contributed by atoms with Crippen molar-refractivity contribution in [1.29, 1.82) is 0 Å². The molecule has 2 rings (SSSR count). The van der Waals surface area contributed by atoms with Crippen molar-refractivity contribution in [3.8, 4) is 0 Å². The Bertz CT molecular complexity index is 439. The monoisotopic (exact) mass is 258 g/mol. The second kappa shape index (κ2) is 4.84. The topological polar surface area (TPSA) is 24.9 Å². The third-order valence-electron chi connectivity index (χ3n) is 1.81. The van der Waals surface area contributed by atoms with Crippen LogP contribution in [0.4, 0.5) is 5.69 Å². The van der Waals surface area contributed by atoms with E-state index < -0.39 is 0 Å². The molecule has 1 heterocycles. The third kappa shape index (κ3) is 3.09. The fourth-order valence-corrected chi connectivity index (χ4v) is 2.14. The van der Waals surface area contributed by atoms with Crippen LogP contribution in [0.1, 0.15) is 5.01 Å². The molecule has 0 aliphatic carbocycles. The van der Waals surface area contributed by atoms with Crippen LogP contribution in [0.5, 0.6) is 0 Å². The van der Waals surface area contributed by atoms with Gasteiger partial charge in [-0.3, -0.25) is 0 Å². The molecule has 2 aromatic rings. The summed E-state index contributed by atoms with van der Waals surface area (Å²) in [7, 11) is 0. The van der Waals surface area contributed by atoms with E-state index in [0.29, 0.717) is 10.9 Å². The summed E-state index contributed by atoms with van der Waals surface area (Å²) in [6.07, 6.45) is 1.66. The molecule has 0 saturated carbocycles. The molecule has 0 bridgehead atoms. The quantitative estimate of drug-likeness (QED) is 0.898. The van der Waals surface area contributed by atoms with Crippen LogP contribution >= 0.6 is 34.5 Å². The molecule has 0 amide bonds. The van der Waals surface area contributed by atoms with E-state index in [1.54, 1.807) is 6.20 Å². The zero-order chi connectivity index (χ0) is 10.7. The largest absolute Gasteiger partial charge is 0.379 e. The second-order valence-corrected chi connectivity index (χ2v) is 5.10. The standard InChI is InChI=1S/C10H8Cl2N2S/c11-7-1-3-8(4-2-7)13-6-10-14-5-9(12)15-10/h1-5,13H,6H2. The summed E-state index contributed by atoms with van der Waals surface area (Å²) in [6, 6.07) is 7.55. The highest BCUT2D eigenvalue weighted by atomic mass is 35.5. The lowest BCUT2D eigenvalue weighted by atomic mass is 10.3. The van der Waals surface area contributed by atoms with Crippen LogP contribution in [0, 0.1) is 0 Å². The predicted molar refractivity (Wildman–Crippen MR) is 65.9 cm³/mol. The molecule has 0 aliphatic rings. The number of halogens is 2. The molecular formula is C10H8Cl2N2S. The Morgan fingerprint density at radius 1 is 1.20 bits per heavy atom. The van der Waals surface area contributed by atoms with Crippen LogP contribution in [-0.2, 0) is 6.54 Å². The Labute approximate surface area is 102 Å². The van der Waals surface area contributed by atoms with Gasteiger partial charge in [-0.2, -0.15) is 0 Å². The van der Waals surface area contributed by atoms with Crippen molar-refractivity contribution in [2.75, 3.05) is 5.32 Å². The van der Waals surface area contributed by atoms with Crippen LogP contribution in [0.25, 0.3) is 0 Å². The number of rotatable bonds is 3. The zero-order valence-electron chi connectivity index (χ0n) is 7.71. The normalized spacial score (nSPS) is 10.3. The molecular weight excluding hydrogens is 251 g/mol. The molecule has 78 valence electrons. The first-order chi connectivity index (χ1) is 7.24. The van der Waals surface area contributed by atoms with Gasteiger partial charge in [0.25, 0.3) is 0 Å². The van der Waals surface area contributed by atoms with E-state index in [9.17, 15) is 0 Å².